The molecule has 0 aliphatic carbocycles. The van der Waals surface area contributed by atoms with Gasteiger partial charge in [-0.3, -0.25) is 4.90 Å². The van der Waals surface area contributed by atoms with Crippen LogP contribution in [0.5, 0.6) is 0 Å². The molecule has 0 bridgehead atoms. The third-order valence-corrected chi connectivity index (χ3v) is 5.25. The quantitative estimate of drug-likeness (QED) is 0.553. The first-order valence-electron chi connectivity index (χ1n) is 10.1. The molecule has 1 aliphatic rings. The summed E-state index contributed by atoms with van der Waals surface area (Å²) < 4.78 is 18.5. The van der Waals surface area contributed by atoms with Gasteiger partial charge in [0.25, 0.3) is 0 Å². The Hall–Kier alpha value is -2.54. The molecule has 0 amide bonds. The van der Waals surface area contributed by atoms with Crippen molar-refractivity contribution in [2.24, 2.45) is 0 Å². The zero-order valence-corrected chi connectivity index (χ0v) is 17.4. The van der Waals surface area contributed by atoms with Crippen molar-refractivity contribution in [1.29, 1.82) is 0 Å². The molecule has 5 nitrogen and oxygen atoms in total. The minimum Gasteiger partial charge on any atom is -0.379 e. The molecule has 1 N–H and O–H groups in total. The smallest absolute Gasteiger partial charge is 0.154 e. The Bertz CT molecular complexity index is 1020. The van der Waals surface area contributed by atoms with Crippen molar-refractivity contribution in [3.63, 3.8) is 0 Å². The number of halogens is 2. The molecule has 0 atom stereocenters. The third-order valence-electron chi connectivity index (χ3n) is 5.02. The molecule has 0 saturated carbocycles. The van der Waals surface area contributed by atoms with Gasteiger partial charge in [0, 0.05) is 30.0 Å². The van der Waals surface area contributed by atoms with Gasteiger partial charge < -0.3 is 10.1 Å². The second-order valence-corrected chi connectivity index (χ2v) is 7.65. The summed E-state index contributed by atoms with van der Waals surface area (Å²) in [6.45, 7) is 5.43. The van der Waals surface area contributed by atoms with Crippen LogP contribution in [0.3, 0.4) is 0 Å². The molecule has 7 heteroatoms. The van der Waals surface area contributed by atoms with E-state index in [1.165, 1.54) is 12.1 Å². The van der Waals surface area contributed by atoms with Gasteiger partial charge in [-0.15, -0.1) is 0 Å². The van der Waals surface area contributed by atoms with Gasteiger partial charge in [0.15, 0.2) is 5.82 Å². The van der Waals surface area contributed by atoms with E-state index >= 15 is 0 Å². The van der Waals surface area contributed by atoms with E-state index in [9.17, 15) is 4.39 Å². The number of fused-ring (bicyclic) bond motifs is 1. The van der Waals surface area contributed by atoms with E-state index in [1.54, 1.807) is 12.1 Å². The largest absolute Gasteiger partial charge is 0.379 e. The first-order valence-corrected chi connectivity index (χ1v) is 10.5. The van der Waals surface area contributed by atoms with Crippen LogP contribution in [0.4, 0.5) is 10.2 Å². The number of anilines is 1. The molecule has 2 aromatic carbocycles. The number of hydrogen-bond acceptors (Lipinski definition) is 5. The van der Waals surface area contributed by atoms with E-state index in [2.05, 4.69) is 20.2 Å². The van der Waals surface area contributed by atoms with Gasteiger partial charge in [-0.05, 0) is 54.9 Å². The molecular formula is C23H24ClFN4O. The lowest BCUT2D eigenvalue weighted by Crippen LogP contribution is -2.37. The molecule has 0 unspecified atom stereocenters. The van der Waals surface area contributed by atoms with Gasteiger partial charge in [0.1, 0.15) is 11.6 Å². The van der Waals surface area contributed by atoms with Gasteiger partial charge in [-0.1, -0.05) is 29.8 Å². The number of nitrogens with zero attached hydrogens (tertiary/aromatic N) is 3. The lowest BCUT2D eigenvalue weighted by atomic mass is 10.2. The number of rotatable bonds is 7. The Morgan fingerprint density at radius 2 is 1.87 bits per heavy atom. The van der Waals surface area contributed by atoms with E-state index in [1.807, 2.05) is 30.4 Å². The maximum atomic E-state index is 13.1. The minimum atomic E-state index is -0.255. The van der Waals surface area contributed by atoms with Gasteiger partial charge in [0.2, 0.25) is 0 Å². The van der Waals surface area contributed by atoms with Crippen molar-refractivity contribution < 1.29 is 9.13 Å². The highest BCUT2D eigenvalue weighted by molar-refractivity contribution is 6.31. The van der Waals surface area contributed by atoms with Crippen molar-refractivity contribution in [2.75, 3.05) is 44.7 Å². The number of morpholine rings is 1. The van der Waals surface area contributed by atoms with Crippen molar-refractivity contribution in [3.05, 3.63) is 64.7 Å². The van der Waals surface area contributed by atoms with Crippen molar-refractivity contribution >= 4 is 40.5 Å². The Balaban J connectivity index is 1.49. The molecule has 1 fully saturated rings. The zero-order chi connectivity index (χ0) is 20.8. The molecule has 0 radical (unpaired) electrons. The molecule has 1 aliphatic heterocycles. The molecule has 4 rings (SSSR count). The summed E-state index contributed by atoms with van der Waals surface area (Å²) in [4.78, 5) is 11.7. The number of hydrogen-bond donors (Lipinski definition) is 1. The molecule has 3 aromatic rings. The molecule has 30 heavy (non-hydrogen) atoms. The topological polar surface area (TPSA) is 50.3 Å². The summed E-state index contributed by atoms with van der Waals surface area (Å²) >= 11 is 6.20. The summed E-state index contributed by atoms with van der Waals surface area (Å²) in [5.41, 5.74) is 1.71. The Morgan fingerprint density at radius 1 is 1.07 bits per heavy atom. The Labute approximate surface area is 180 Å². The number of nitrogens with one attached hydrogen (secondary N) is 1. The second-order valence-electron chi connectivity index (χ2n) is 7.21. The van der Waals surface area contributed by atoms with Crippen LogP contribution in [0.15, 0.2) is 42.5 Å². The predicted molar refractivity (Wildman–Crippen MR) is 120 cm³/mol. The first-order chi connectivity index (χ1) is 14.7. The van der Waals surface area contributed by atoms with Crippen LogP contribution in [0.25, 0.3) is 23.1 Å². The third kappa shape index (κ3) is 5.53. The summed E-state index contributed by atoms with van der Waals surface area (Å²) in [5.74, 6) is 1.10. The van der Waals surface area contributed by atoms with E-state index in [-0.39, 0.29) is 5.82 Å². The fraction of sp³-hybridized carbons (Fsp3) is 0.304. The van der Waals surface area contributed by atoms with Crippen molar-refractivity contribution in [3.8, 4) is 0 Å². The highest BCUT2D eigenvalue weighted by atomic mass is 35.5. The summed E-state index contributed by atoms with van der Waals surface area (Å²) in [6, 6.07) is 11.9. The summed E-state index contributed by atoms with van der Waals surface area (Å²) in [5, 5.41) is 5.00. The van der Waals surface area contributed by atoms with Crippen molar-refractivity contribution in [2.45, 2.75) is 6.42 Å². The molecule has 1 saturated heterocycles. The highest BCUT2D eigenvalue weighted by Gasteiger charge is 2.10. The summed E-state index contributed by atoms with van der Waals surface area (Å²) in [7, 11) is 0. The van der Waals surface area contributed by atoms with Gasteiger partial charge in [-0.25, -0.2) is 14.4 Å². The molecule has 156 valence electrons. The van der Waals surface area contributed by atoms with E-state index in [0.717, 1.165) is 68.1 Å². The second kappa shape index (κ2) is 9.98. The van der Waals surface area contributed by atoms with Crippen LogP contribution >= 0.6 is 11.6 Å². The van der Waals surface area contributed by atoms with Crippen LogP contribution in [0.2, 0.25) is 5.02 Å². The molecular weight excluding hydrogens is 403 g/mol. The average Bonchev–Trinajstić information content (AvgIpc) is 2.77. The Kier molecular flexibility index (Phi) is 6.89. The molecule has 0 spiro atoms. The van der Waals surface area contributed by atoms with Gasteiger partial charge in [-0.2, -0.15) is 0 Å². The lowest BCUT2D eigenvalue weighted by Gasteiger charge is -2.26. The fourth-order valence-electron chi connectivity index (χ4n) is 3.41. The average molecular weight is 427 g/mol. The van der Waals surface area contributed by atoms with Crippen LogP contribution in [-0.2, 0) is 4.74 Å². The van der Waals surface area contributed by atoms with Crippen molar-refractivity contribution in [1.82, 2.24) is 14.9 Å². The zero-order valence-electron chi connectivity index (χ0n) is 16.7. The SMILES string of the molecule is Fc1ccc(/C=C/c2nc(NCCCN3CCOCC3)c3cc(Cl)ccc3n2)cc1. The number of benzene rings is 2. The van der Waals surface area contributed by atoms with Gasteiger partial charge in [0.05, 0.1) is 18.7 Å². The maximum Gasteiger partial charge on any atom is 0.154 e. The van der Waals surface area contributed by atoms with E-state index in [4.69, 9.17) is 16.3 Å². The Morgan fingerprint density at radius 3 is 2.67 bits per heavy atom. The number of ether oxygens (including phenoxy) is 1. The van der Waals surface area contributed by atoms with Crippen LogP contribution in [0.1, 0.15) is 17.8 Å². The molecule has 2 heterocycles. The highest BCUT2D eigenvalue weighted by Crippen LogP contribution is 2.24. The minimum absolute atomic E-state index is 0.255. The maximum absolute atomic E-state index is 13.1. The lowest BCUT2D eigenvalue weighted by molar-refractivity contribution is 0.0378. The van der Waals surface area contributed by atoms with Crippen LogP contribution in [-0.4, -0.2) is 54.3 Å². The monoisotopic (exact) mass is 426 g/mol. The number of aromatic nitrogens is 2. The molecule has 1 aromatic heterocycles. The normalized spacial score (nSPS) is 15.1. The van der Waals surface area contributed by atoms with Gasteiger partial charge >= 0.3 is 0 Å². The van der Waals surface area contributed by atoms with Crippen LogP contribution < -0.4 is 5.32 Å². The standard InChI is InChI=1S/C23H24ClFN4O/c24-18-5-8-21-20(16-18)23(26-10-1-11-29-12-14-30-15-13-29)28-22(27-21)9-4-17-2-6-19(25)7-3-17/h2-9,16H,1,10-15H2,(H,26,27,28)/b9-4+. The summed E-state index contributed by atoms with van der Waals surface area (Å²) in [6.07, 6.45) is 4.71. The predicted octanol–water partition coefficient (Wildman–Crippen LogP) is 4.73. The first kappa shape index (κ1) is 20.7. The fourth-order valence-corrected chi connectivity index (χ4v) is 3.58. The van der Waals surface area contributed by atoms with Crippen LogP contribution in [0, 0.1) is 5.82 Å². The van der Waals surface area contributed by atoms with E-state index < -0.39 is 0 Å². The van der Waals surface area contributed by atoms with E-state index in [0.29, 0.717) is 10.8 Å².